The highest BCUT2D eigenvalue weighted by molar-refractivity contribution is 7.89. The van der Waals surface area contributed by atoms with Crippen LogP contribution in [0.15, 0.2) is 52.0 Å². The van der Waals surface area contributed by atoms with Gasteiger partial charge in [0.25, 0.3) is 0 Å². The number of aryl methyl sites for hydroxylation is 1. The molecular weight excluding hydrogens is 376 g/mol. The molecule has 1 fully saturated rings. The number of carbonyl (C=O) groups is 1. The Kier molecular flexibility index (Phi) is 6.22. The topological polar surface area (TPSA) is 70.8 Å². The van der Waals surface area contributed by atoms with Gasteiger partial charge in [0.2, 0.25) is 15.9 Å². The van der Waals surface area contributed by atoms with E-state index in [9.17, 15) is 13.2 Å². The number of benzene rings is 1. The number of nitrogens with zero attached hydrogens (tertiary/aromatic N) is 2. The zero-order valence-corrected chi connectivity index (χ0v) is 16.7. The SMILES string of the molecule is C#CCN(Cc1ccco1)C(=O)C1CCN(S(=O)(=O)c2ccc(C)cc2)CC1. The van der Waals surface area contributed by atoms with Crippen LogP contribution in [0.4, 0.5) is 0 Å². The molecule has 1 aromatic carbocycles. The van der Waals surface area contributed by atoms with Crippen molar-refractivity contribution in [2.45, 2.75) is 31.2 Å². The number of furan rings is 1. The van der Waals surface area contributed by atoms with E-state index in [4.69, 9.17) is 10.8 Å². The lowest BCUT2D eigenvalue weighted by atomic mass is 9.96. The first-order valence-corrected chi connectivity index (χ1v) is 10.7. The Bertz CT molecular complexity index is 935. The maximum absolute atomic E-state index is 12.9. The second-order valence-corrected chi connectivity index (χ2v) is 8.91. The molecule has 0 atom stereocenters. The molecule has 0 unspecified atom stereocenters. The number of terminal acetylenes is 1. The molecule has 0 N–H and O–H groups in total. The Labute approximate surface area is 166 Å². The first kappa shape index (κ1) is 20.2. The molecule has 0 radical (unpaired) electrons. The summed E-state index contributed by atoms with van der Waals surface area (Å²) in [7, 11) is -3.54. The van der Waals surface area contributed by atoms with Crippen molar-refractivity contribution in [1.82, 2.24) is 9.21 Å². The molecule has 0 spiro atoms. The predicted molar refractivity (Wildman–Crippen MR) is 106 cm³/mol. The van der Waals surface area contributed by atoms with Crippen LogP contribution >= 0.6 is 0 Å². The number of rotatable bonds is 6. The molecule has 3 rings (SSSR count). The fourth-order valence-corrected chi connectivity index (χ4v) is 4.84. The third-order valence-corrected chi connectivity index (χ3v) is 6.90. The number of sulfonamides is 1. The molecule has 148 valence electrons. The molecule has 1 aromatic heterocycles. The summed E-state index contributed by atoms with van der Waals surface area (Å²) in [6, 6.07) is 10.4. The maximum atomic E-state index is 12.9. The van der Waals surface area contributed by atoms with E-state index in [0.717, 1.165) is 5.56 Å². The van der Waals surface area contributed by atoms with Gasteiger partial charge in [0.1, 0.15) is 5.76 Å². The van der Waals surface area contributed by atoms with Crippen molar-refractivity contribution in [2.24, 2.45) is 5.92 Å². The normalized spacial score (nSPS) is 15.9. The minimum atomic E-state index is -3.54. The molecule has 6 nitrogen and oxygen atoms in total. The van der Waals surface area contributed by atoms with Gasteiger partial charge in [0, 0.05) is 19.0 Å². The zero-order valence-electron chi connectivity index (χ0n) is 15.9. The second-order valence-electron chi connectivity index (χ2n) is 6.97. The summed E-state index contributed by atoms with van der Waals surface area (Å²) in [4.78, 5) is 14.8. The third kappa shape index (κ3) is 4.46. The quantitative estimate of drug-likeness (QED) is 0.699. The largest absolute Gasteiger partial charge is 0.467 e. The number of hydrogen-bond donors (Lipinski definition) is 0. The van der Waals surface area contributed by atoms with Crippen LogP contribution in [-0.2, 0) is 21.4 Å². The minimum Gasteiger partial charge on any atom is -0.467 e. The lowest BCUT2D eigenvalue weighted by molar-refractivity contribution is -0.137. The van der Waals surface area contributed by atoms with E-state index < -0.39 is 10.0 Å². The predicted octanol–water partition coefficient (Wildman–Crippen LogP) is 2.65. The Hall–Kier alpha value is -2.56. The molecule has 0 bridgehead atoms. The number of amides is 1. The fraction of sp³-hybridized carbons (Fsp3) is 0.381. The van der Waals surface area contributed by atoms with E-state index in [-0.39, 0.29) is 23.3 Å². The first-order valence-electron chi connectivity index (χ1n) is 9.23. The molecule has 1 aliphatic heterocycles. The summed E-state index contributed by atoms with van der Waals surface area (Å²) in [5.74, 6) is 2.89. The number of piperidine rings is 1. The van der Waals surface area contributed by atoms with Crippen LogP contribution in [-0.4, -0.2) is 43.2 Å². The van der Waals surface area contributed by atoms with Crippen LogP contribution in [0.5, 0.6) is 0 Å². The average molecular weight is 401 g/mol. The van der Waals surface area contributed by atoms with E-state index in [1.165, 1.54) is 4.31 Å². The molecule has 28 heavy (non-hydrogen) atoms. The first-order chi connectivity index (χ1) is 13.4. The maximum Gasteiger partial charge on any atom is 0.243 e. The van der Waals surface area contributed by atoms with E-state index >= 15 is 0 Å². The molecule has 2 aromatic rings. The van der Waals surface area contributed by atoms with E-state index in [0.29, 0.717) is 38.2 Å². The standard InChI is InChI=1S/C21H24N2O4S/c1-3-12-22(16-19-5-4-15-27-19)21(24)18-10-13-23(14-11-18)28(25,26)20-8-6-17(2)7-9-20/h1,4-9,15,18H,10-14,16H2,2H3. The lowest BCUT2D eigenvalue weighted by Gasteiger charge is -2.33. The highest BCUT2D eigenvalue weighted by atomic mass is 32.2. The average Bonchev–Trinajstić information content (AvgIpc) is 3.21. The zero-order chi connectivity index (χ0) is 20.1. The van der Waals surface area contributed by atoms with E-state index in [1.807, 2.05) is 6.92 Å². The van der Waals surface area contributed by atoms with Gasteiger partial charge in [-0.1, -0.05) is 23.6 Å². The van der Waals surface area contributed by atoms with E-state index in [1.54, 1.807) is 47.6 Å². The summed E-state index contributed by atoms with van der Waals surface area (Å²) in [5.41, 5.74) is 1.01. The van der Waals surface area contributed by atoms with Crippen molar-refractivity contribution in [3.05, 3.63) is 54.0 Å². The molecule has 7 heteroatoms. The van der Waals surface area contributed by atoms with Crippen LogP contribution in [0, 0.1) is 25.2 Å². The van der Waals surface area contributed by atoms with Crippen molar-refractivity contribution >= 4 is 15.9 Å². The lowest BCUT2D eigenvalue weighted by Crippen LogP contribution is -2.44. The Morgan fingerprint density at radius 1 is 1.25 bits per heavy atom. The van der Waals surface area contributed by atoms with Crippen molar-refractivity contribution in [3.63, 3.8) is 0 Å². The minimum absolute atomic E-state index is 0.0540. The van der Waals surface area contributed by atoms with Gasteiger partial charge in [-0.05, 0) is 44.0 Å². The van der Waals surface area contributed by atoms with Crippen molar-refractivity contribution < 1.29 is 17.6 Å². The summed E-state index contributed by atoms with van der Waals surface area (Å²) < 4.78 is 32.4. The van der Waals surface area contributed by atoms with Crippen molar-refractivity contribution in [1.29, 1.82) is 0 Å². The Morgan fingerprint density at radius 2 is 1.93 bits per heavy atom. The molecule has 1 amide bonds. The van der Waals surface area contributed by atoms with Gasteiger partial charge in [0.05, 0.1) is 24.2 Å². The van der Waals surface area contributed by atoms with Crippen LogP contribution in [0.3, 0.4) is 0 Å². The molecular formula is C21H24N2O4S. The summed E-state index contributed by atoms with van der Waals surface area (Å²) in [6.45, 7) is 3.06. The molecule has 0 saturated carbocycles. The highest BCUT2D eigenvalue weighted by Gasteiger charge is 2.33. The summed E-state index contributed by atoms with van der Waals surface area (Å²) in [6.07, 6.45) is 7.93. The van der Waals surface area contributed by atoms with Crippen LogP contribution in [0.2, 0.25) is 0 Å². The van der Waals surface area contributed by atoms with E-state index in [2.05, 4.69) is 5.92 Å². The molecule has 1 saturated heterocycles. The summed E-state index contributed by atoms with van der Waals surface area (Å²) in [5, 5.41) is 0. The van der Waals surface area contributed by atoms with Crippen LogP contribution < -0.4 is 0 Å². The Morgan fingerprint density at radius 3 is 2.50 bits per heavy atom. The highest BCUT2D eigenvalue weighted by Crippen LogP contribution is 2.26. The number of carbonyl (C=O) groups excluding carboxylic acids is 1. The summed E-state index contributed by atoms with van der Waals surface area (Å²) >= 11 is 0. The second kappa shape index (κ2) is 8.63. The fourth-order valence-electron chi connectivity index (χ4n) is 3.37. The van der Waals surface area contributed by atoms with Gasteiger partial charge in [-0.2, -0.15) is 4.31 Å². The van der Waals surface area contributed by atoms with Gasteiger partial charge in [-0.3, -0.25) is 4.79 Å². The van der Waals surface area contributed by atoms with Crippen molar-refractivity contribution in [2.75, 3.05) is 19.6 Å². The van der Waals surface area contributed by atoms with Gasteiger partial charge in [-0.25, -0.2) is 8.42 Å². The van der Waals surface area contributed by atoms with Gasteiger partial charge in [0.15, 0.2) is 0 Å². The monoisotopic (exact) mass is 400 g/mol. The molecule has 0 aliphatic carbocycles. The van der Waals surface area contributed by atoms with Gasteiger partial charge >= 0.3 is 0 Å². The number of hydrogen-bond acceptors (Lipinski definition) is 4. The van der Waals surface area contributed by atoms with Gasteiger partial charge < -0.3 is 9.32 Å². The molecule has 2 heterocycles. The van der Waals surface area contributed by atoms with Crippen LogP contribution in [0.1, 0.15) is 24.2 Å². The van der Waals surface area contributed by atoms with Gasteiger partial charge in [-0.15, -0.1) is 6.42 Å². The Balaban J connectivity index is 1.64. The molecule has 1 aliphatic rings. The third-order valence-electron chi connectivity index (χ3n) is 4.98. The smallest absolute Gasteiger partial charge is 0.243 e. The van der Waals surface area contributed by atoms with Crippen LogP contribution in [0.25, 0.3) is 0 Å². The van der Waals surface area contributed by atoms with Crippen molar-refractivity contribution in [3.8, 4) is 12.3 Å².